The zero-order valence-corrected chi connectivity index (χ0v) is 26.0. The average molecular weight is 525 g/mol. The maximum atomic E-state index is 12.8. The SMILES string of the molecule is C/C=C(\C=C(\C)C(=O)C(C)C)C(=Nc1cc(CNC(CC(C)C)C(=O)OC(C)(C)C)ccc1C)C(C)CC. The summed E-state index contributed by atoms with van der Waals surface area (Å²) < 4.78 is 5.67. The molecule has 0 aliphatic heterocycles. The van der Waals surface area contributed by atoms with E-state index in [9.17, 15) is 9.59 Å². The molecule has 1 aromatic rings. The molecule has 212 valence electrons. The topological polar surface area (TPSA) is 67.8 Å². The second kappa shape index (κ2) is 15.2. The van der Waals surface area contributed by atoms with Crippen LogP contribution in [-0.2, 0) is 20.9 Å². The molecule has 0 saturated heterocycles. The molecular weight excluding hydrogens is 472 g/mol. The standard InChI is InChI=1S/C33H52N2O3/c1-13-23(7)30(27(14-2)18-25(9)31(36)22(5)6)35-28-19-26(16-15-24(28)8)20-34-29(17-21(3)4)32(37)38-33(10,11)12/h14-16,18-19,21-23,29,34H,13,17,20H2,1-12H3/b25-18-,27-14+,35-30?. The highest BCUT2D eigenvalue weighted by Crippen LogP contribution is 2.26. The lowest BCUT2D eigenvalue weighted by atomic mass is 9.92. The number of aliphatic imine (C=N–C) groups is 1. The van der Waals surface area contributed by atoms with Crippen LogP contribution in [0.25, 0.3) is 0 Å². The summed E-state index contributed by atoms with van der Waals surface area (Å²) in [6.45, 7) is 24.6. The van der Waals surface area contributed by atoms with Crippen molar-refractivity contribution in [1.82, 2.24) is 5.32 Å². The van der Waals surface area contributed by atoms with Crippen LogP contribution in [0.1, 0.15) is 100 Å². The van der Waals surface area contributed by atoms with Crippen molar-refractivity contribution < 1.29 is 14.3 Å². The van der Waals surface area contributed by atoms with Gasteiger partial charge in [-0.05, 0) is 101 Å². The van der Waals surface area contributed by atoms with E-state index in [2.05, 4.69) is 58.1 Å². The number of aryl methyl sites for hydroxylation is 1. The maximum absolute atomic E-state index is 12.8. The van der Waals surface area contributed by atoms with Crippen LogP contribution in [0.5, 0.6) is 0 Å². The minimum Gasteiger partial charge on any atom is -0.459 e. The second-order valence-corrected chi connectivity index (χ2v) is 12.1. The Bertz CT molecular complexity index is 1040. The number of nitrogens with one attached hydrogen (secondary N) is 1. The molecule has 0 saturated carbocycles. The van der Waals surface area contributed by atoms with E-state index in [4.69, 9.17) is 9.73 Å². The Morgan fingerprint density at radius 2 is 1.74 bits per heavy atom. The smallest absolute Gasteiger partial charge is 0.323 e. The van der Waals surface area contributed by atoms with Crippen molar-refractivity contribution >= 4 is 23.2 Å². The molecule has 0 aliphatic carbocycles. The van der Waals surface area contributed by atoms with Crippen molar-refractivity contribution in [2.75, 3.05) is 0 Å². The summed E-state index contributed by atoms with van der Waals surface area (Å²) in [6.07, 6.45) is 5.66. The van der Waals surface area contributed by atoms with Gasteiger partial charge in [0.2, 0.25) is 0 Å². The molecule has 0 aromatic heterocycles. The van der Waals surface area contributed by atoms with Gasteiger partial charge < -0.3 is 10.1 Å². The van der Waals surface area contributed by atoms with Crippen LogP contribution < -0.4 is 5.32 Å². The third-order valence-corrected chi connectivity index (χ3v) is 6.44. The first-order valence-corrected chi connectivity index (χ1v) is 14.1. The van der Waals surface area contributed by atoms with E-state index >= 15 is 0 Å². The Kier molecular flexibility index (Phi) is 13.4. The zero-order chi connectivity index (χ0) is 29.2. The van der Waals surface area contributed by atoms with E-state index < -0.39 is 5.60 Å². The predicted octanol–water partition coefficient (Wildman–Crippen LogP) is 8.08. The molecule has 1 N–H and O–H groups in total. The lowest BCUT2D eigenvalue weighted by Crippen LogP contribution is -2.41. The van der Waals surface area contributed by atoms with Crippen LogP contribution in [0, 0.1) is 24.7 Å². The molecule has 0 heterocycles. The number of ether oxygens (including phenoxy) is 1. The van der Waals surface area contributed by atoms with Gasteiger partial charge in [0.05, 0.1) is 11.4 Å². The van der Waals surface area contributed by atoms with Gasteiger partial charge in [-0.3, -0.25) is 14.6 Å². The highest BCUT2D eigenvalue weighted by Gasteiger charge is 2.25. The number of carbonyl (C=O) groups excluding carboxylic acids is 2. The first-order chi connectivity index (χ1) is 17.6. The highest BCUT2D eigenvalue weighted by atomic mass is 16.6. The van der Waals surface area contributed by atoms with Gasteiger partial charge in [-0.25, -0.2) is 0 Å². The highest BCUT2D eigenvalue weighted by molar-refractivity contribution is 6.07. The fraction of sp³-hybridized carbons (Fsp3) is 0.606. The second-order valence-electron chi connectivity index (χ2n) is 12.1. The van der Waals surface area contributed by atoms with Gasteiger partial charge in [-0.1, -0.05) is 59.8 Å². The number of hydrogen-bond donors (Lipinski definition) is 1. The summed E-state index contributed by atoms with van der Waals surface area (Å²) in [6, 6.07) is 5.87. The number of carbonyl (C=O) groups is 2. The molecule has 0 fully saturated rings. The van der Waals surface area contributed by atoms with Crippen molar-refractivity contribution in [1.29, 1.82) is 0 Å². The number of benzene rings is 1. The number of Topliss-reactive ketones (excluding diaryl/α,β-unsaturated/α-hetero) is 1. The first kappa shape index (κ1) is 33.5. The maximum Gasteiger partial charge on any atom is 0.323 e. The molecule has 2 atom stereocenters. The van der Waals surface area contributed by atoms with Crippen LogP contribution >= 0.6 is 0 Å². The molecule has 0 aliphatic rings. The minimum absolute atomic E-state index is 0.0417. The number of ketones is 1. The van der Waals surface area contributed by atoms with E-state index in [-0.39, 0.29) is 29.6 Å². The van der Waals surface area contributed by atoms with Gasteiger partial charge in [0.15, 0.2) is 5.78 Å². The van der Waals surface area contributed by atoms with E-state index in [0.717, 1.165) is 40.1 Å². The molecule has 0 bridgehead atoms. The van der Waals surface area contributed by atoms with Gasteiger partial charge in [0.1, 0.15) is 11.6 Å². The molecule has 1 aromatic carbocycles. The third-order valence-electron chi connectivity index (χ3n) is 6.44. The van der Waals surface area contributed by atoms with Crippen LogP contribution in [-0.4, -0.2) is 29.1 Å². The Morgan fingerprint density at radius 3 is 2.24 bits per heavy atom. The summed E-state index contributed by atoms with van der Waals surface area (Å²) in [4.78, 5) is 30.5. The normalized spacial score (nSPS) is 15.2. The van der Waals surface area contributed by atoms with E-state index in [1.165, 1.54) is 0 Å². The molecule has 5 nitrogen and oxygen atoms in total. The van der Waals surface area contributed by atoms with Crippen molar-refractivity contribution in [2.45, 2.75) is 114 Å². The van der Waals surface area contributed by atoms with E-state index in [0.29, 0.717) is 18.9 Å². The summed E-state index contributed by atoms with van der Waals surface area (Å²) in [5.41, 5.74) is 5.22. The summed E-state index contributed by atoms with van der Waals surface area (Å²) >= 11 is 0. The Balaban J connectivity index is 3.35. The first-order valence-electron chi connectivity index (χ1n) is 14.1. The Morgan fingerprint density at radius 1 is 1.11 bits per heavy atom. The monoisotopic (exact) mass is 524 g/mol. The van der Waals surface area contributed by atoms with Crippen LogP contribution in [0.3, 0.4) is 0 Å². The van der Waals surface area contributed by atoms with Gasteiger partial charge in [0.25, 0.3) is 0 Å². The number of hydrogen-bond acceptors (Lipinski definition) is 5. The molecule has 0 radical (unpaired) electrons. The minimum atomic E-state index is -0.525. The molecule has 1 rings (SSSR count). The van der Waals surface area contributed by atoms with Gasteiger partial charge in [0, 0.05) is 12.5 Å². The van der Waals surface area contributed by atoms with Gasteiger partial charge in [-0.15, -0.1) is 0 Å². The van der Waals surface area contributed by atoms with Crippen molar-refractivity contribution in [3.05, 3.63) is 52.6 Å². The Labute approximate surface area is 232 Å². The van der Waals surface area contributed by atoms with Crippen LogP contribution in [0.15, 0.2) is 46.5 Å². The lowest BCUT2D eigenvalue weighted by molar-refractivity contribution is -0.158. The number of rotatable bonds is 13. The lowest BCUT2D eigenvalue weighted by Gasteiger charge is -2.25. The molecule has 38 heavy (non-hydrogen) atoms. The number of esters is 1. The van der Waals surface area contributed by atoms with Gasteiger partial charge in [-0.2, -0.15) is 0 Å². The molecule has 0 amide bonds. The molecule has 5 heteroatoms. The fourth-order valence-corrected chi connectivity index (χ4v) is 4.08. The largest absolute Gasteiger partial charge is 0.459 e. The van der Waals surface area contributed by atoms with Crippen molar-refractivity contribution in [2.24, 2.45) is 22.7 Å². The summed E-state index contributed by atoms with van der Waals surface area (Å²) in [5.74, 6) is 0.474. The van der Waals surface area contributed by atoms with Crippen molar-refractivity contribution in [3.8, 4) is 0 Å². The molecular formula is C33H52N2O3. The molecule has 0 spiro atoms. The summed E-state index contributed by atoms with van der Waals surface area (Å²) in [7, 11) is 0. The van der Waals surface area contributed by atoms with E-state index in [1.54, 1.807) is 0 Å². The fourth-order valence-electron chi connectivity index (χ4n) is 4.08. The average Bonchev–Trinajstić information content (AvgIpc) is 2.82. The Hall–Kier alpha value is -2.53. The zero-order valence-electron chi connectivity index (χ0n) is 26.0. The van der Waals surface area contributed by atoms with Crippen molar-refractivity contribution in [3.63, 3.8) is 0 Å². The van der Waals surface area contributed by atoms with E-state index in [1.807, 2.05) is 60.6 Å². The summed E-state index contributed by atoms with van der Waals surface area (Å²) in [5, 5.41) is 3.43. The quantitative estimate of drug-likeness (QED) is 0.123. The van der Waals surface area contributed by atoms with Crippen LogP contribution in [0.2, 0.25) is 0 Å². The molecule has 2 unspecified atom stereocenters. The third kappa shape index (κ3) is 11.1. The number of nitrogens with zero attached hydrogens (tertiary/aromatic N) is 1. The van der Waals surface area contributed by atoms with Gasteiger partial charge >= 0.3 is 5.97 Å². The van der Waals surface area contributed by atoms with Crippen LogP contribution in [0.4, 0.5) is 5.69 Å². The predicted molar refractivity (Wildman–Crippen MR) is 161 cm³/mol. The number of allylic oxidation sites excluding steroid dienone is 4.